The molecule has 2 aromatic rings. The highest BCUT2D eigenvalue weighted by Crippen LogP contribution is 2.22. The number of nitrogens with one attached hydrogen (secondary N) is 1. The van der Waals surface area contributed by atoms with Gasteiger partial charge in [0, 0.05) is 18.7 Å². The Morgan fingerprint density at radius 2 is 2.24 bits per heavy atom. The highest BCUT2D eigenvalue weighted by atomic mass is 16.5. The summed E-state index contributed by atoms with van der Waals surface area (Å²) in [6.45, 7) is 6.67. The summed E-state index contributed by atoms with van der Waals surface area (Å²) < 4.78 is 16.5. The second-order valence-corrected chi connectivity index (χ2v) is 5.31. The predicted octanol–water partition coefficient (Wildman–Crippen LogP) is 2.01. The lowest BCUT2D eigenvalue weighted by atomic mass is 10.0. The van der Waals surface area contributed by atoms with Gasteiger partial charge in [-0.05, 0) is 26.0 Å². The maximum atomic E-state index is 5.78. The van der Waals surface area contributed by atoms with E-state index in [0.717, 1.165) is 24.4 Å². The summed E-state index contributed by atoms with van der Waals surface area (Å²) in [4.78, 5) is 4.36. The number of ether oxygens (including phenoxy) is 2. The number of rotatable bonds is 6. The fourth-order valence-electron chi connectivity index (χ4n) is 2.14. The Balaban J connectivity index is 1.67. The van der Waals surface area contributed by atoms with E-state index in [1.54, 1.807) is 0 Å². The standard InChI is InChI=1S/C15H19N3O3/c1-3-19-12-6-4-5-11(7-12)14-17-13(21-18-14)8-20-15(2)9-16-10-15/h4-7,16H,3,8-10H2,1-2H3. The number of benzene rings is 1. The van der Waals surface area contributed by atoms with Crippen molar-refractivity contribution in [3.63, 3.8) is 0 Å². The largest absolute Gasteiger partial charge is 0.494 e. The van der Waals surface area contributed by atoms with Gasteiger partial charge in [0.15, 0.2) is 0 Å². The lowest BCUT2D eigenvalue weighted by Crippen LogP contribution is -2.58. The number of hydrogen-bond acceptors (Lipinski definition) is 6. The summed E-state index contributed by atoms with van der Waals surface area (Å²) in [6, 6.07) is 7.64. The first-order chi connectivity index (χ1) is 10.2. The van der Waals surface area contributed by atoms with Gasteiger partial charge in [-0.15, -0.1) is 0 Å². The predicted molar refractivity (Wildman–Crippen MR) is 77.0 cm³/mol. The molecule has 1 aliphatic heterocycles. The average Bonchev–Trinajstić information content (AvgIpc) is 2.93. The van der Waals surface area contributed by atoms with Crippen molar-refractivity contribution in [1.29, 1.82) is 0 Å². The van der Waals surface area contributed by atoms with Crippen LogP contribution in [0.3, 0.4) is 0 Å². The molecule has 0 saturated carbocycles. The van der Waals surface area contributed by atoms with Crippen molar-refractivity contribution in [3.05, 3.63) is 30.2 Å². The van der Waals surface area contributed by atoms with Gasteiger partial charge >= 0.3 is 0 Å². The summed E-state index contributed by atoms with van der Waals surface area (Å²) in [6.07, 6.45) is 0. The van der Waals surface area contributed by atoms with Gasteiger partial charge in [-0.25, -0.2) is 0 Å². The van der Waals surface area contributed by atoms with E-state index in [-0.39, 0.29) is 5.60 Å². The maximum absolute atomic E-state index is 5.78. The van der Waals surface area contributed by atoms with Gasteiger partial charge < -0.3 is 19.3 Å². The molecular formula is C15H19N3O3. The number of nitrogens with zero attached hydrogens (tertiary/aromatic N) is 2. The third-order valence-electron chi connectivity index (χ3n) is 3.41. The van der Waals surface area contributed by atoms with E-state index in [1.807, 2.05) is 31.2 Å². The van der Waals surface area contributed by atoms with Crippen LogP contribution in [-0.2, 0) is 11.3 Å². The van der Waals surface area contributed by atoms with Crippen LogP contribution in [0.1, 0.15) is 19.7 Å². The van der Waals surface area contributed by atoms with Gasteiger partial charge in [-0.3, -0.25) is 0 Å². The molecule has 2 heterocycles. The normalized spacial score (nSPS) is 16.5. The van der Waals surface area contributed by atoms with Crippen molar-refractivity contribution >= 4 is 0 Å². The second kappa shape index (κ2) is 5.83. The Morgan fingerprint density at radius 1 is 1.38 bits per heavy atom. The fourth-order valence-corrected chi connectivity index (χ4v) is 2.14. The Labute approximate surface area is 123 Å². The average molecular weight is 289 g/mol. The zero-order chi connectivity index (χ0) is 14.7. The van der Waals surface area contributed by atoms with E-state index >= 15 is 0 Å². The van der Waals surface area contributed by atoms with Gasteiger partial charge in [0.2, 0.25) is 5.82 Å². The number of aromatic nitrogens is 2. The Hall–Kier alpha value is -1.92. The Bertz CT molecular complexity index is 608. The minimum Gasteiger partial charge on any atom is -0.494 e. The SMILES string of the molecule is CCOc1cccc(-c2noc(COC3(C)CNC3)n2)c1. The van der Waals surface area contributed by atoms with Crippen LogP contribution in [0.5, 0.6) is 5.75 Å². The van der Waals surface area contributed by atoms with Crippen LogP contribution in [-0.4, -0.2) is 35.4 Å². The van der Waals surface area contributed by atoms with E-state index in [1.165, 1.54) is 0 Å². The molecule has 6 heteroatoms. The van der Waals surface area contributed by atoms with Crippen LogP contribution in [0.25, 0.3) is 11.4 Å². The van der Waals surface area contributed by atoms with Crippen LogP contribution < -0.4 is 10.1 Å². The molecule has 0 amide bonds. The van der Waals surface area contributed by atoms with Crippen molar-refractivity contribution in [1.82, 2.24) is 15.5 Å². The van der Waals surface area contributed by atoms with E-state index in [2.05, 4.69) is 22.4 Å². The lowest BCUT2D eigenvalue weighted by molar-refractivity contribution is -0.0841. The topological polar surface area (TPSA) is 69.4 Å². The number of hydrogen-bond donors (Lipinski definition) is 1. The second-order valence-electron chi connectivity index (χ2n) is 5.31. The first kappa shape index (κ1) is 14.0. The van der Waals surface area contributed by atoms with Gasteiger partial charge in [0.25, 0.3) is 5.89 Å². The quantitative estimate of drug-likeness (QED) is 0.877. The molecule has 3 rings (SSSR count). The zero-order valence-electron chi connectivity index (χ0n) is 12.3. The third kappa shape index (κ3) is 3.22. The minimum absolute atomic E-state index is 0.122. The molecule has 1 saturated heterocycles. The molecule has 0 unspecified atom stereocenters. The van der Waals surface area contributed by atoms with Crippen LogP contribution >= 0.6 is 0 Å². The van der Waals surface area contributed by atoms with Crippen molar-refractivity contribution in [2.24, 2.45) is 0 Å². The maximum Gasteiger partial charge on any atom is 0.252 e. The first-order valence-electron chi connectivity index (χ1n) is 7.09. The van der Waals surface area contributed by atoms with Crippen molar-refractivity contribution in [2.75, 3.05) is 19.7 Å². The molecule has 1 aliphatic rings. The fraction of sp³-hybridized carbons (Fsp3) is 0.467. The molecule has 0 aliphatic carbocycles. The molecule has 1 N–H and O–H groups in total. The molecule has 21 heavy (non-hydrogen) atoms. The van der Waals surface area contributed by atoms with E-state index < -0.39 is 0 Å². The summed E-state index contributed by atoms with van der Waals surface area (Å²) in [7, 11) is 0. The molecule has 1 aromatic heterocycles. The van der Waals surface area contributed by atoms with Crippen molar-refractivity contribution in [2.45, 2.75) is 26.1 Å². The zero-order valence-corrected chi connectivity index (χ0v) is 12.3. The van der Waals surface area contributed by atoms with Gasteiger partial charge in [0.05, 0.1) is 12.2 Å². The molecule has 0 spiro atoms. The first-order valence-corrected chi connectivity index (χ1v) is 7.09. The van der Waals surface area contributed by atoms with E-state index in [0.29, 0.717) is 24.9 Å². The molecule has 0 bridgehead atoms. The summed E-state index contributed by atoms with van der Waals surface area (Å²) >= 11 is 0. The van der Waals surface area contributed by atoms with Crippen LogP contribution in [0.4, 0.5) is 0 Å². The third-order valence-corrected chi connectivity index (χ3v) is 3.41. The molecule has 1 aromatic carbocycles. The van der Waals surface area contributed by atoms with Gasteiger partial charge in [-0.2, -0.15) is 4.98 Å². The summed E-state index contributed by atoms with van der Waals surface area (Å²) in [5.74, 6) is 1.83. The molecule has 112 valence electrons. The van der Waals surface area contributed by atoms with Crippen molar-refractivity contribution < 1.29 is 14.0 Å². The van der Waals surface area contributed by atoms with Gasteiger partial charge in [0.1, 0.15) is 12.4 Å². The minimum atomic E-state index is -0.122. The molecule has 0 radical (unpaired) electrons. The molecule has 0 atom stereocenters. The lowest BCUT2D eigenvalue weighted by Gasteiger charge is -2.38. The van der Waals surface area contributed by atoms with Crippen LogP contribution in [0.2, 0.25) is 0 Å². The highest BCUT2D eigenvalue weighted by Gasteiger charge is 2.33. The van der Waals surface area contributed by atoms with Crippen LogP contribution in [0.15, 0.2) is 28.8 Å². The summed E-state index contributed by atoms with van der Waals surface area (Å²) in [5, 5.41) is 7.18. The highest BCUT2D eigenvalue weighted by molar-refractivity contribution is 5.56. The smallest absolute Gasteiger partial charge is 0.252 e. The molecule has 1 fully saturated rings. The van der Waals surface area contributed by atoms with E-state index in [4.69, 9.17) is 14.0 Å². The van der Waals surface area contributed by atoms with Crippen LogP contribution in [0, 0.1) is 0 Å². The molecular weight excluding hydrogens is 270 g/mol. The van der Waals surface area contributed by atoms with Crippen molar-refractivity contribution in [3.8, 4) is 17.1 Å². The Kier molecular flexibility index (Phi) is 3.90. The van der Waals surface area contributed by atoms with E-state index in [9.17, 15) is 0 Å². The monoisotopic (exact) mass is 289 g/mol. The summed E-state index contributed by atoms with van der Waals surface area (Å²) in [5.41, 5.74) is 0.747. The molecule has 6 nitrogen and oxygen atoms in total. The Morgan fingerprint density at radius 3 is 2.95 bits per heavy atom. The van der Waals surface area contributed by atoms with Gasteiger partial charge in [-0.1, -0.05) is 17.3 Å².